The fraction of sp³-hybridized carbons (Fsp3) is 0.600. The van der Waals surface area contributed by atoms with E-state index in [1.807, 2.05) is 12.1 Å². The number of hydrogen-bond donors (Lipinski definition) is 1. The molecule has 0 unspecified atom stereocenters. The molecule has 1 heterocycles. The van der Waals surface area contributed by atoms with Crippen LogP contribution in [-0.2, 0) is 14.6 Å². The standard InChI is InChI=1S/C15H23NO3S/c1-4-20(17,18)14-7-5-12(6-8-14)16-11-13-9-10-15(2,3)19-13/h5-8,13,16H,4,9-11H2,1-3H3/t13-/m1/s1. The molecule has 5 heteroatoms. The Morgan fingerprint density at radius 3 is 2.45 bits per heavy atom. The molecule has 4 nitrogen and oxygen atoms in total. The summed E-state index contributed by atoms with van der Waals surface area (Å²) in [7, 11) is -3.11. The van der Waals surface area contributed by atoms with Gasteiger partial charge < -0.3 is 10.1 Å². The van der Waals surface area contributed by atoms with E-state index in [1.165, 1.54) is 0 Å². The van der Waals surface area contributed by atoms with Gasteiger partial charge in [-0.2, -0.15) is 0 Å². The van der Waals surface area contributed by atoms with Gasteiger partial charge in [0, 0.05) is 12.2 Å². The summed E-state index contributed by atoms with van der Waals surface area (Å²) < 4.78 is 29.3. The molecule has 1 fully saturated rings. The minimum atomic E-state index is -3.11. The molecular weight excluding hydrogens is 274 g/mol. The van der Waals surface area contributed by atoms with Gasteiger partial charge in [-0.05, 0) is 51.0 Å². The molecule has 2 rings (SSSR count). The molecule has 0 amide bonds. The van der Waals surface area contributed by atoms with Crippen molar-refractivity contribution >= 4 is 15.5 Å². The first-order valence-electron chi connectivity index (χ1n) is 7.07. The summed E-state index contributed by atoms with van der Waals surface area (Å²) >= 11 is 0. The van der Waals surface area contributed by atoms with Crippen molar-refractivity contribution in [1.29, 1.82) is 0 Å². The lowest BCUT2D eigenvalue weighted by molar-refractivity contribution is -0.00911. The second-order valence-electron chi connectivity index (χ2n) is 5.85. The van der Waals surface area contributed by atoms with Crippen molar-refractivity contribution in [3.05, 3.63) is 24.3 Å². The Bertz CT molecular complexity index is 549. The predicted molar refractivity (Wildman–Crippen MR) is 80.8 cm³/mol. The molecule has 0 spiro atoms. The van der Waals surface area contributed by atoms with Crippen molar-refractivity contribution in [2.75, 3.05) is 17.6 Å². The van der Waals surface area contributed by atoms with Crippen LogP contribution in [0, 0.1) is 0 Å². The van der Waals surface area contributed by atoms with Gasteiger partial charge in [0.25, 0.3) is 0 Å². The van der Waals surface area contributed by atoms with E-state index in [9.17, 15) is 8.42 Å². The van der Waals surface area contributed by atoms with E-state index >= 15 is 0 Å². The Morgan fingerprint density at radius 1 is 1.30 bits per heavy atom. The van der Waals surface area contributed by atoms with E-state index in [0.29, 0.717) is 4.90 Å². The molecule has 0 aliphatic carbocycles. The SMILES string of the molecule is CCS(=O)(=O)c1ccc(NC[C@H]2CCC(C)(C)O2)cc1. The number of hydrogen-bond acceptors (Lipinski definition) is 4. The third kappa shape index (κ3) is 3.73. The van der Waals surface area contributed by atoms with Gasteiger partial charge in [-0.3, -0.25) is 0 Å². The van der Waals surface area contributed by atoms with Crippen LogP contribution in [0.15, 0.2) is 29.2 Å². The van der Waals surface area contributed by atoms with Crippen LogP contribution in [0.25, 0.3) is 0 Å². The topological polar surface area (TPSA) is 55.4 Å². The third-order valence-electron chi connectivity index (χ3n) is 3.68. The van der Waals surface area contributed by atoms with Crippen LogP contribution in [0.3, 0.4) is 0 Å². The van der Waals surface area contributed by atoms with Crippen LogP contribution in [0.1, 0.15) is 33.6 Å². The molecule has 1 aromatic rings. The highest BCUT2D eigenvalue weighted by atomic mass is 32.2. The van der Waals surface area contributed by atoms with E-state index < -0.39 is 9.84 Å². The fourth-order valence-electron chi connectivity index (χ4n) is 2.40. The summed E-state index contributed by atoms with van der Waals surface area (Å²) in [6, 6.07) is 6.92. The summed E-state index contributed by atoms with van der Waals surface area (Å²) in [5, 5.41) is 3.30. The quantitative estimate of drug-likeness (QED) is 0.908. The highest BCUT2D eigenvalue weighted by Crippen LogP contribution is 2.29. The summed E-state index contributed by atoms with van der Waals surface area (Å²) in [4.78, 5) is 0.379. The maximum atomic E-state index is 11.7. The Balaban J connectivity index is 1.92. The molecule has 1 aliphatic heterocycles. The van der Waals surface area contributed by atoms with Gasteiger partial charge in [0.15, 0.2) is 9.84 Å². The van der Waals surface area contributed by atoms with Gasteiger partial charge in [0.2, 0.25) is 0 Å². The molecule has 112 valence electrons. The average molecular weight is 297 g/mol. The van der Waals surface area contributed by atoms with Gasteiger partial charge in [-0.1, -0.05) is 6.92 Å². The molecule has 1 saturated heterocycles. The Hall–Kier alpha value is -1.07. The maximum Gasteiger partial charge on any atom is 0.178 e. The number of ether oxygens (including phenoxy) is 1. The molecule has 0 saturated carbocycles. The van der Waals surface area contributed by atoms with Gasteiger partial charge in [-0.25, -0.2) is 8.42 Å². The number of rotatable bonds is 5. The van der Waals surface area contributed by atoms with E-state index in [-0.39, 0.29) is 17.5 Å². The Labute approximate surface area is 121 Å². The van der Waals surface area contributed by atoms with E-state index in [2.05, 4.69) is 19.2 Å². The molecule has 1 atom stereocenters. The van der Waals surface area contributed by atoms with Crippen LogP contribution in [0.2, 0.25) is 0 Å². The zero-order valence-electron chi connectivity index (χ0n) is 12.3. The van der Waals surface area contributed by atoms with Crippen LogP contribution in [-0.4, -0.2) is 32.4 Å². The van der Waals surface area contributed by atoms with Crippen molar-refractivity contribution in [1.82, 2.24) is 0 Å². The smallest absolute Gasteiger partial charge is 0.178 e. The molecule has 0 radical (unpaired) electrons. The van der Waals surface area contributed by atoms with Crippen molar-refractivity contribution in [3.63, 3.8) is 0 Å². The number of benzene rings is 1. The Morgan fingerprint density at radius 2 is 1.95 bits per heavy atom. The lowest BCUT2D eigenvalue weighted by Crippen LogP contribution is -2.24. The molecule has 1 N–H and O–H groups in total. The number of sulfone groups is 1. The summed E-state index contributed by atoms with van der Waals surface area (Å²) in [5.74, 6) is 0.130. The van der Waals surface area contributed by atoms with Crippen LogP contribution < -0.4 is 5.32 Å². The second kappa shape index (κ2) is 5.74. The number of anilines is 1. The molecule has 0 bridgehead atoms. The minimum Gasteiger partial charge on any atom is -0.382 e. The summed E-state index contributed by atoms with van der Waals surface area (Å²) in [5.41, 5.74) is 0.902. The molecule has 1 aliphatic rings. The average Bonchev–Trinajstić information content (AvgIpc) is 2.76. The van der Waals surface area contributed by atoms with Gasteiger partial charge >= 0.3 is 0 Å². The molecular formula is C15H23NO3S. The number of nitrogens with one attached hydrogen (secondary N) is 1. The van der Waals surface area contributed by atoms with Crippen molar-refractivity contribution in [2.45, 2.75) is 50.2 Å². The minimum absolute atomic E-state index is 0.0224. The normalized spacial score (nSPS) is 21.9. The van der Waals surface area contributed by atoms with Crippen molar-refractivity contribution in [2.24, 2.45) is 0 Å². The lowest BCUT2D eigenvalue weighted by atomic mass is 10.1. The Kier molecular flexibility index (Phi) is 4.39. The molecule has 0 aromatic heterocycles. The highest BCUT2D eigenvalue weighted by Gasteiger charge is 2.31. The van der Waals surface area contributed by atoms with E-state index in [4.69, 9.17) is 4.74 Å². The van der Waals surface area contributed by atoms with Gasteiger partial charge in [0.05, 0.1) is 22.4 Å². The van der Waals surface area contributed by atoms with Crippen LogP contribution >= 0.6 is 0 Å². The first kappa shape index (κ1) is 15.3. The molecule has 20 heavy (non-hydrogen) atoms. The monoisotopic (exact) mass is 297 g/mol. The zero-order valence-corrected chi connectivity index (χ0v) is 13.2. The highest BCUT2D eigenvalue weighted by molar-refractivity contribution is 7.91. The summed E-state index contributed by atoms with van der Waals surface area (Å²) in [6.45, 7) is 6.62. The first-order valence-corrected chi connectivity index (χ1v) is 8.72. The van der Waals surface area contributed by atoms with Crippen molar-refractivity contribution < 1.29 is 13.2 Å². The second-order valence-corrected chi connectivity index (χ2v) is 8.13. The fourth-order valence-corrected chi connectivity index (χ4v) is 3.28. The van der Waals surface area contributed by atoms with Gasteiger partial charge in [-0.15, -0.1) is 0 Å². The predicted octanol–water partition coefficient (Wildman–Crippen LogP) is 2.85. The van der Waals surface area contributed by atoms with Crippen LogP contribution in [0.4, 0.5) is 5.69 Å². The van der Waals surface area contributed by atoms with E-state index in [0.717, 1.165) is 25.1 Å². The largest absolute Gasteiger partial charge is 0.382 e. The van der Waals surface area contributed by atoms with Crippen LogP contribution in [0.5, 0.6) is 0 Å². The maximum absolute atomic E-state index is 11.7. The van der Waals surface area contributed by atoms with Crippen molar-refractivity contribution in [3.8, 4) is 0 Å². The molecule has 1 aromatic carbocycles. The van der Waals surface area contributed by atoms with E-state index in [1.54, 1.807) is 19.1 Å². The summed E-state index contributed by atoms with van der Waals surface area (Å²) in [6.07, 6.45) is 2.36. The first-order chi connectivity index (χ1) is 9.32. The zero-order chi connectivity index (χ0) is 14.8. The lowest BCUT2D eigenvalue weighted by Gasteiger charge is -2.19. The van der Waals surface area contributed by atoms with Gasteiger partial charge in [0.1, 0.15) is 0 Å². The third-order valence-corrected chi connectivity index (χ3v) is 5.43.